The summed E-state index contributed by atoms with van der Waals surface area (Å²) in [6.07, 6.45) is 4.91. The second-order valence-corrected chi connectivity index (χ2v) is 13.4. The van der Waals surface area contributed by atoms with Crippen molar-refractivity contribution < 1.29 is 14.1 Å². The Hall–Kier alpha value is -2.61. The second kappa shape index (κ2) is 13.6. The minimum absolute atomic E-state index is 0.0299. The van der Waals surface area contributed by atoms with E-state index in [1.54, 1.807) is 18.5 Å². The van der Waals surface area contributed by atoms with E-state index in [9.17, 15) is 4.79 Å². The summed E-state index contributed by atoms with van der Waals surface area (Å²) in [5.74, 6) is 0.108. The lowest BCUT2D eigenvalue weighted by molar-refractivity contribution is 0.00365. The fraction of sp³-hybridized carbons (Fsp3) is 0.519. The monoisotopic (exact) mass is 569 g/mol. The molecule has 0 spiro atoms. The van der Waals surface area contributed by atoms with E-state index in [0.717, 1.165) is 12.8 Å². The number of anilines is 1. The van der Waals surface area contributed by atoms with Crippen molar-refractivity contribution in [3.63, 3.8) is 0 Å². The molecule has 2 aromatic heterocycles. The molecular formula is C27H36N7O3PS. The van der Waals surface area contributed by atoms with Crippen molar-refractivity contribution in [2.45, 2.75) is 83.5 Å². The second-order valence-electron chi connectivity index (χ2n) is 9.83. The Labute approximate surface area is 235 Å². The molecule has 10 nitrogen and oxygen atoms in total. The predicted octanol–water partition coefficient (Wildman–Crippen LogP) is 6.15. The summed E-state index contributed by atoms with van der Waals surface area (Å²) < 4.78 is 17.2. The van der Waals surface area contributed by atoms with Crippen LogP contribution < -0.4 is 5.32 Å². The molecule has 4 atom stereocenters. The molecule has 4 rings (SSSR count). The Morgan fingerprint density at radius 3 is 2.67 bits per heavy atom. The highest BCUT2D eigenvalue weighted by molar-refractivity contribution is 8.53. The third-order valence-corrected chi connectivity index (χ3v) is 11.3. The van der Waals surface area contributed by atoms with Crippen LogP contribution in [0.25, 0.3) is 11.2 Å². The highest BCUT2D eigenvalue weighted by Crippen LogP contribution is 2.61. The minimum atomic E-state index is -0.986. The maximum atomic E-state index is 12.7. The van der Waals surface area contributed by atoms with Crippen molar-refractivity contribution >= 4 is 41.8 Å². The van der Waals surface area contributed by atoms with Crippen molar-refractivity contribution in [1.82, 2.24) is 24.2 Å². The van der Waals surface area contributed by atoms with Crippen molar-refractivity contribution in [2.75, 3.05) is 11.9 Å². The van der Waals surface area contributed by atoms with Crippen LogP contribution in [0.1, 0.15) is 70.5 Å². The molecule has 1 N–H and O–H groups in total. The lowest BCUT2D eigenvalue weighted by atomic mass is 10.2. The standard InChI is InChI=1S/C27H36N7O3PS/c1-6-21-22(39-38(36-14-10-13-28)34(18(2)3)19(4)5)15-23(37-21)33-17-31-24-25(29-16-30-26(24)33)32-27(35)20-11-8-7-9-12-20/h7-9,11-12,16-19,21-23H,6,10,14-15H2,1-5H3,(H,29,30,32,35)/t21-,22+,23-,38?/m1/s1. The van der Waals surface area contributed by atoms with E-state index in [1.807, 2.05) is 34.1 Å². The van der Waals surface area contributed by atoms with Crippen LogP contribution in [0, 0.1) is 11.3 Å². The molecule has 1 saturated heterocycles. The van der Waals surface area contributed by atoms with Gasteiger partial charge in [0.05, 0.1) is 31.5 Å². The molecule has 1 amide bonds. The average Bonchev–Trinajstić information content (AvgIpc) is 3.53. The quantitative estimate of drug-likeness (QED) is 0.202. The van der Waals surface area contributed by atoms with Gasteiger partial charge in [-0.1, -0.05) is 36.5 Å². The van der Waals surface area contributed by atoms with Gasteiger partial charge in [0.25, 0.3) is 5.91 Å². The molecule has 208 valence electrons. The van der Waals surface area contributed by atoms with Gasteiger partial charge in [-0.25, -0.2) is 19.6 Å². The molecule has 1 aromatic carbocycles. The Balaban J connectivity index is 1.54. The van der Waals surface area contributed by atoms with Gasteiger partial charge in [-0.15, -0.1) is 0 Å². The van der Waals surface area contributed by atoms with Crippen LogP contribution in [-0.4, -0.2) is 60.1 Å². The summed E-state index contributed by atoms with van der Waals surface area (Å²) in [6, 6.07) is 11.8. The predicted molar refractivity (Wildman–Crippen MR) is 155 cm³/mol. The maximum absolute atomic E-state index is 12.7. The van der Waals surface area contributed by atoms with Gasteiger partial charge in [-0.05, 0) is 46.2 Å². The van der Waals surface area contributed by atoms with Crippen molar-refractivity contribution in [2.24, 2.45) is 0 Å². The van der Waals surface area contributed by atoms with Gasteiger partial charge < -0.3 is 14.6 Å². The normalized spacial score (nSPS) is 20.1. The molecule has 1 aliphatic heterocycles. The lowest BCUT2D eigenvalue weighted by Gasteiger charge is -2.37. The van der Waals surface area contributed by atoms with E-state index in [1.165, 1.54) is 6.33 Å². The first-order chi connectivity index (χ1) is 18.8. The Kier molecular flexibility index (Phi) is 10.3. The topological polar surface area (TPSA) is 118 Å². The molecule has 39 heavy (non-hydrogen) atoms. The summed E-state index contributed by atoms with van der Waals surface area (Å²) in [5.41, 5.74) is 1.67. The van der Waals surface area contributed by atoms with Crippen molar-refractivity contribution in [3.05, 3.63) is 48.5 Å². The number of ether oxygens (including phenoxy) is 1. The number of fused-ring (bicyclic) bond motifs is 1. The number of benzene rings is 1. The summed E-state index contributed by atoms with van der Waals surface area (Å²) in [6.45, 7) is 11.3. The largest absolute Gasteiger partial charge is 0.354 e. The van der Waals surface area contributed by atoms with E-state index >= 15 is 0 Å². The zero-order chi connectivity index (χ0) is 27.9. The van der Waals surface area contributed by atoms with Crippen molar-refractivity contribution in [1.29, 1.82) is 5.26 Å². The number of amides is 1. The van der Waals surface area contributed by atoms with Crippen LogP contribution in [0.5, 0.6) is 0 Å². The number of hydrogen-bond donors (Lipinski definition) is 1. The fourth-order valence-electron chi connectivity index (χ4n) is 4.68. The van der Waals surface area contributed by atoms with Gasteiger partial charge in [0.1, 0.15) is 12.6 Å². The van der Waals surface area contributed by atoms with Gasteiger partial charge in [0, 0.05) is 29.3 Å². The van der Waals surface area contributed by atoms with Crippen molar-refractivity contribution in [3.8, 4) is 6.07 Å². The van der Waals surface area contributed by atoms with Crippen LogP contribution in [0.3, 0.4) is 0 Å². The Morgan fingerprint density at radius 1 is 1.26 bits per heavy atom. The van der Waals surface area contributed by atoms with Gasteiger partial charge >= 0.3 is 0 Å². The zero-order valence-electron chi connectivity index (χ0n) is 23.0. The third-order valence-electron chi connectivity index (χ3n) is 6.41. The van der Waals surface area contributed by atoms with E-state index in [2.05, 4.69) is 65.6 Å². The zero-order valence-corrected chi connectivity index (χ0v) is 24.7. The molecule has 0 aliphatic carbocycles. The molecule has 0 bridgehead atoms. The number of aromatic nitrogens is 4. The Bertz CT molecular complexity index is 1280. The van der Waals surface area contributed by atoms with Gasteiger partial charge in [-0.2, -0.15) is 5.26 Å². The molecule has 3 heterocycles. The first kappa shape index (κ1) is 29.4. The molecular weight excluding hydrogens is 533 g/mol. The maximum Gasteiger partial charge on any atom is 0.256 e. The molecule has 0 saturated carbocycles. The molecule has 12 heteroatoms. The molecule has 1 aliphatic rings. The van der Waals surface area contributed by atoms with Gasteiger partial charge in [0.2, 0.25) is 0 Å². The summed E-state index contributed by atoms with van der Waals surface area (Å²) >= 11 is 1.83. The average molecular weight is 570 g/mol. The minimum Gasteiger partial charge on any atom is -0.354 e. The van der Waals surface area contributed by atoms with E-state index < -0.39 is 7.50 Å². The number of nitrogens with one attached hydrogen (secondary N) is 1. The first-order valence-corrected chi connectivity index (χ1v) is 16.0. The van der Waals surface area contributed by atoms with Crippen LogP contribution in [0.2, 0.25) is 0 Å². The SMILES string of the molecule is CC[C@H]1O[C@@H](n2cnc3c(NC(=O)c4ccccc4)ncnc32)C[C@@H]1SP(OCCC#N)N(C(C)C)C(C)C. The summed E-state index contributed by atoms with van der Waals surface area (Å²) in [5, 5.41) is 12.1. The van der Waals surface area contributed by atoms with E-state index in [0.29, 0.717) is 47.7 Å². The highest BCUT2D eigenvalue weighted by Gasteiger charge is 2.40. The Morgan fingerprint density at radius 2 is 2.00 bits per heavy atom. The molecule has 1 unspecified atom stereocenters. The molecule has 3 aromatic rings. The van der Waals surface area contributed by atoms with E-state index in [4.69, 9.17) is 14.5 Å². The molecule has 0 radical (unpaired) electrons. The number of nitriles is 1. The van der Waals surface area contributed by atoms with Crippen LogP contribution in [0.4, 0.5) is 5.82 Å². The fourth-order valence-corrected chi connectivity index (χ4v) is 10.1. The summed E-state index contributed by atoms with van der Waals surface area (Å²) in [7, 11) is -0.986. The number of carbonyl (C=O) groups excluding carboxylic acids is 1. The lowest BCUT2D eigenvalue weighted by Crippen LogP contribution is -2.33. The highest BCUT2D eigenvalue weighted by atomic mass is 32.7. The number of rotatable bonds is 12. The first-order valence-electron chi connectivity index (χ1n) is 13.3. The number of hydrogen-bond acceptors (Lipinski definition) is 9. The van der Waals surface area contributed by atoms with E-state index in [-0.39, 0.29) is 23.5 Å². The summed E-state index contributed by atoms with van der Waals surface area (Å²) in [4.78, 5) is 26.0. The smallest absolute Gasteiger partial charge is 0.256 e. The number of imidazole rings is 1. The van der Waals surface area contributed by atoms with Crippen LogP contribution in [-0.2, 0) is 9.26 Å². The van der Waals surface area contributed by atoms with Gasteiger partial charge in [-0.3, -0.25) is 9.36 Å². The third kappa shape index (κ3) is 6.94. The number of carbonyl (C=O) groups is 1. The van der Waals surface area contributed by atoms with Crippen LogP contribution in [0.15, 0.2) is 43.0 Å². The molecule has 1 fully saturated rings. The number of nitrogens with zero attached hydrogens (tertiary/aromatic N) is 6. The van der Waals surface area contributed by atoms with Gasteiger partial charge in [0.15, 0.2) is 24.5 Å². The van der Waals surface area contributed by atoms with Crippen LogP contribution >= 0.6 is 18.9 Å².